The molecule has 1 heterocycles. The first-order valence-corrected chi connectivity index (χ1v) is 10.8. The molecular weight excluding hydrogens is 462 g/mol. The molecule has 10 heteroatoms. The number of aliphatic carboxylic acids is 1. The minimum absolute atomic E-state index is 0.215. The molecule has 4 rings (SSSR count). The molecule has 4 aromatic rings. The van der Waals surface area contributed by atoms with Gasteiger partial charge in [0.25, 0.3) is 5.91 Å². The molecule has 3 aromatic carbocycles. The van der Waals surface area contributed by atoms with E-state index in [0.717, 1.165) is 0 Å². The van der Waals surface area contributed by atoms with E-state index in [1.807, 2.05) is 0 Å². The molecule has 10 nitrogen and oxygen atoms in total. The summed E-state index contributed by atoms with van der Waals surface area (Å²) < 4.78 is 7.10. The maximum atomic E-state index is 13.0. The van der Waals surface area contributed by atoms with Crippen LogP contribution in [0.4, 0.5) is 5.69 Å². The number of carboxylic acids is 1. The second kappa shape index (κ2) is 10.0. The smallest absolute Gasteiger partial charge is 0.343 e. The molecule has 0 bridgehead atoms. The van der Waals surface area contributed by atoms with Crippen molar-refractivity contribution in [3.8, 4) is 5.75 Å². The fourth-order valence-corrected chi connectivity index (χ4v) is 3.74. The number of carboxylic acid groups (broad SMARTS) is 1. The lowest BCUT2D eigenvalue weighted by Crippen LogP contribution is -2.34. The highest BCUT2D eigenvalue weighted by atomic mass is 16.5. The minimum atomic E-state index is -1.20. The summed E-state index contributed by atoms with van der Waals surface area (Å²) in [4.78, 5) is 37.3. The van der Waals surface area contributed by atoms with E-state index in [4.69, 9.17) is 15.9 Å². The molecule has 0 fully saturated rings. The van der Waals surface area contributed by atoms with E-state index in [1.165, 1.54) is 0 Å². The molecule has 0 aliphatic heterocycles. The molecule has 1 amide bonds. The largest absolute Gasteiger partial charge is 0.479 e. The van der Waals surface area contributed by atoms with E-state index >= 15 is 0 Å². The highest BCUT2D eigenvalue weighted by molar-refractivity contribution is 6.01. The van der Waals surface area contributed by atoms with Crippen LogP contribution in [-0.2, 0) is 11.8 Å². The van der Waals surface area contributed by atoms with E-state index in [1.54, 1.807) is 90.5 Å². The summed E-state index contributed by atoms with van der Waals surface area (Å²) in [6.07, 6.45) is 0. The lowest BCUT2D eigenvalue weighted by molar-refractivity contribution is -0.139. The molecule has 0 aliphatic carbocycles. The zero-order valence-electron chi connectivity index (χ0n) is 19.2. The number of esters is 1. The topological polar surface area (TPSA) is 160 Å². The number of ether oxygens (including phenoxy) is 1. The molecule has 6 N–H and O–H groups in total. The summed E-state index contributed by atoms with van der Waals surface area (Å²) in [5.74, 6) is -2.24. The van der Waals surface area contributed by atoms with Gasteiger partial charge in [0.05, 0.1) is 11.1 Å². The van der Waals surface area contributed by atoms with Crippen LogP contribution in [0.1, 0.15) is 32.5 Å². The van der Waals surface area contributed by atoms with Gasteiger partial charge in [-0.2, -0.15) is 0 Å². The number of carbonyl (C=O) groups excluding carboxylic acids is 2. The lowest BCUT2D eigenvalue weighted by atomic mass is 10.1. The van der Waals surface area contributed by atoms with E-state index in [2.05, 4.69) is 10.6 Å². The SMILES string of the molecule is Cn1c(C(=O)N[C@H](C(=O)O)c2ccccc2)cc2ccc(OC(=O)c3ccc(NC(=N)N)cc3)cc21. The summed E-state index contributed by atoms with van der Waals surface area (Å²) in [6.45, 7) is 0. The standard InChI is InChI=1S/C26H23N5O5/c1-31-20-14-19(36-25(35)16-7-10-18(11-8-16)29-26(27)28)12-9-17(20)13-21(31)23(32)30-22(24(33)34)15-5-3-2-4-6-15/h2-14,22H,1H3,(H,30,32)(H,33,34)(H4,27,28,29)/t22-/m0/s1. The molecule has 1 atom stereocenters. The monoisotopic (exact) mass is 485 g/mol. The third-order valence-corrected chi connectivity index (χ3v) is 5.51. The van der Waals surface area contributed by atoms with E-state index < -0.39 is 23.9 Å². The Morgan fingerprint density at radius 2 is 1.69 bits per heavy atom. The van der Waals surface area contributed by atoms with Crippen molar-refractivity contribution < 1.29 is 24.2 Å². The Kier molecular flexibility index (Phi) is 6.68. The van der Waals surface area contributed by atoms with Gasteiger partial charge in [0, 0.05) is 24.2 Å². The molecule has 36 heavy (non-hydrogen) atoms. The first-order chi connectivity index (χ1) is 17.2. The van der Waals surface area contributed by atoms with E-state index in [9.17, 15) is 19.5 Å². The first-order valence-electron chi connectivity index (χ1n) is 10.8. The van der Waals surface area contributed by atoms with Crippen LogP contribution in [0, 0.1) is 5.41 Å². The fourth-order valence-electron chi connectivity index (χ4n) is 3.74. The van der Waals surface area contributed by atoms with Gasteiger partial charge in [-0.15, -0.1) is 0 Å². The van der Waals surface area contributed by atoms with Gasteiger partial charge < -0.3 is 30.8 Å². The Balaban J connectivity index is 1.53. The van der Waals surface area contributed by atoms with Crippen molar-refractivity contribution in [3.63, 3.8) is 0 Å². The Morgan fingerprint density at radius 1 is 1.00 bits per heavy atom. The molecule has 182 valence electrons. The van der Waals surface area contributed by atoms with Gasteiger partial charge in [-0.25, -0.2) is 9.59 Å². The van der Waals surface area contributed by atoms with E-state index in [-0.39, 0.29) is 17.4 Å². The molecule has 0 aliphatic rings. The summed E-state index contributed by atoms with van der Waals surface area (Å²) in [5, 5.41) is 22.8. The molecular formula is C26H23N5O5. The third-order valence-electron chi connectivity index (χ3n) is 5.51. The third kappa shape index (κ3) is 5.17. The summed E-state index contributed by atoms with van der Waals surface area (Å²) >= 11 is 0. The first kappa shape index (κ1) is 24.0. The number of hydrogen-bond acceptors (Lipinski definition) is 5. The van der Waals surface area contributed by atoms with Gasteiger partial charge in [-0.05, 0) is 48.0 Å². The van der Waals surface area contributed by atoms with Crippen LogP contribution in [0.3, 0.4) is 0 Å². The number of nitrogens with two attached hydrogens (primary N) is 1. The van der Waals surface area contributed by atoms with Crippen LogP contribution in [0.25, 0.3) is 10.9 Å². The zero-order chi connectivity index (χ0) is 25.8. The maximum absolute atomic E-state index is 13.0. The van der Waals surface area contributed by atoms with Gasteiger partial charge in [0.1, 0.15) is 11.4 Å². The van der Waals surface area contributed by atoms with Crippen LogP contribution in [0.5, 0.6) is 5.75 Å². The van der Waals surface area contributed by atoms with Crippen LogP contribution in [0.2, 0.25) is 0 Å². The molecule has 0 spiro atoms. The number of amides is 1. The van der Waals surface area contributed by atoms with Crippen LogP contribution in [0.15, 0.2) is 78.9 Å². The van der Waals surface area contributed by atoms with Gasteiger partial charge >= 0.3 is 11.9 Å². The Hall–Kier alpha value is -5.12. The Morgan fingerprint density at radius 3 is 2.33 bits per heavy atom. The second-order valence-electron chi connectivity index (χ2n) is 7.97. The highest BCUT2D eigenvalue weighted by Gasteiger charge is 2.24. The number of fused-ring (bicyclic) bond motifs is 1. The summed E-state index contributed by atoms with van der Waals surface area (Å²) in [7, 11) is 1.67. The van der Waals surface area contributed by atoms with Gasteiger partial charge in [-0.1, -0.05) is 30.3 Å². The number of guanidine groups is 1. The molecule has 0 radical (unpaired) electrons. The van der Waals surface area contributed by atoms with Crippen molar-refractivity contribution >= 4 is 40.4 Å². The van der Waals surface area contributed by atoms with Gasteiger partial charge in [0.15, 0.2) is 12.0 Å². The minimum Gasteiger partial charge on any atom is -0.479 e. The van der Waals surface area contributed by atoms with Gasteiger partial charge in [-0.3, -0.25) is 10.2 Å². The fraction of sp³-hybridized carbons (Fsp3) is 0.0769. The summed E-state index contributed by atoms with van der Waals surface area (Å²) in [5.41, 5.74) is 7.49. The Bertz CT molecular complexity index is 1460. The molecule has 0 saturated carbocycles. The highest BCUT2D eigenvalue weighted by Crippen LogP contribution is 2.25. The predicted molar refractivity (Wildman–Crippen MR) is 134 cm³/mol. The molecule has 0 saturated heterocycles. The van der Waals surface area contributed by atoms with Crippen LogP contribution >= 0.6 is 0 Å². The van der Waals surface area contributed by atoms with Crippen molar-refractivity contribution in [2.24, 2.45) is 12.8 Å². The van der Waals surface area contributed by atoms with E-state index in [0.29, 0.717) is 27.7 Å². The predicted octanol–water partition coefficient (Wildman–Crippen LogP) is 3.26. The number of anilines is 1. The lowest BCUT2D eigenvalue weighted by Gasteiger charge is -2.15. The van der Waals surface area contributed by atoms with Crippen LogP contribution in [-0.4, -0.2) is 33.5 Å². The second-order valence-corrected chi connectivity index (χ2v) is 7.97. The van der Waals surface area contributed by atoms with Crippen molar-refractivity contribution in [1.82, 2.24) is 9.88 Å². The van der Waals surface area contributed by atoms with Crippen LogP contribution < -0.4 is 21.1 Å². The molecule has 0 unspecified atom stereocenters. The zero-order valence-corrected chi connectivity index (χ0v) is 19.2. The average Bonchev–Trinajstić information content (AvgIpc) is 3.18. The average molecular weight is 486 g/mol. The van der Waals surface area contributed by atoms with Crippen molar-refractivity contribution in [2.75, 3.05) is 5.32 Å². The quantitative estimate of drug-likeness (QED) is 0.116. The maximum Gasteiger partial charge on any atom is 0.343 e. The van der Waals surface area contributed by atoms with Crippen molar-refractivity contribution in [1.29, 1.82) is 5.41 Å². The number of aromatic nitrogens is 1. The normalized spacial score (nSPS) is 11.5. The number of nitrogens with one attached hydrogen (secondary N) is 3. The van der Waals surface area contributed by atoms with Crippen molar-refractivity contribution in [3.05, 3.63) is 95.7 Å². The number of benzene rings is 3. The number of aryl methyl sites for hydroxylation is 1. The summed E-state index contributed by atoms with van der Waals surface area (Å²) in [6, 6.07) is 20.1. The number of carbonyl (C=O) groups is 3. The molecule has 1 aromatic heterocycles. The number of nitrogens with zero attached hydrogens (tertiary/aromatic N) is 1. The van der Waals surface area contributed by atoms with Crippen molar-refractivity contribution in [2.45, 2.75) is 6.04 Å². The van der Waals surface area contributed by atoms with Gasteiger partial charge in [0.2, 0.25) is 0 Å². The number of hydrogen-bond donors (Lipinski definition) is 5. The number of rotatable bonds is 7. The Labute approximate surface area is 205 Å².